The predicted octanol–water partition coefficient (Wildman–Crippen LogP) is 2.56. The fourth-order valence-corrected chi connectivity index (χ4v) is 3.37. The first kappa shape index (κ1) is 13.9. The first-order chi connectivity index (χ1) is 8.81. The molecule has 0 aromatic rings. The average molecular weight is 252 g/mol. The number of likely N-dealkylation sites (tertiary alicyclic amines) is 1. The summed E-state index contributed by atoms with van der Waals surface area (Å²) in [5, 5.41) is 3.38. The van der Waals surface area contributed by atoms with Gasteiger partial charge in [0.15, 0.2) is 0 Å². The van der Waals surface area contributed by atoms with E-state index in [2.05, 4.69) is 17.1 Å². The number of carbonyl (C=O) groups excluding carboxylic acids is 1. The zero-order valence-electron chi connectivity index (χ0n) is 11.8. The molecule has 1 unspecified atom stereocenters. The highest BCUT2D eigenvalue weighted by Crippen LogP contribution is 2.22. The van der Waals surface area contributed by atoms with Gasteiger partial charge in [0.2, 0.25) is 5.91 Å². The summed E-state index contributed by atoms with van der Waals surface area (Å²) in [6.07, 6.45) is 9.81. The smallest absolute Gasteiger partial charge is 0.239 e. The Morgan fingerprint density at radius 2 is 2.06 bits per heavy atom. The molecule has 2 aliphatic rings. The number of carbonyl (C=O) groups is 1. The van der Waals surface area contributed by atoms with Crippen LogP contribution in [0.15, 0.2) is 0 Å². The van der Waals surface area contributed by atoms with Crippen LogP contribution in [0.2, 0.25) is 0 Å². The summed E-state index contributed by atoms with van der Waals surface area (Å²) in [5.74, 6) is 1.22. The van der Waals surface area contributed by atoms with Crippen LogP contribution in [0.4, 0.5) is 0 Å². The van der Waals surface area contributed by atoms with Gasteiger partial charge in [-0.3, -0.25) is 4.79 Å². The molecule has 0 spiro atoms. The molecule has 1 amide bonds. The van der Waals surface area contributed by atoms with Crippen LogP contribution in [-0.2, 0) is 4.79 Å². The number of hydrogen-bond acceptors (Lipinski definition) is 2. The van der Waals surface area contributed by atoms with Crippen molar-refractivity contribution in [3.8, 4) is 0 Å². The lowest BCUT2D eigenvalue weighted by Crippen LogP contribution is -2.48. The van der Waals surface area contributed by atoms with E-state index < -0.39 is 0 Å². The molecule has 2 aliphatic heterocycles. The summed E-state index contributed by atoms with van der Waals surface area (Å²) in [6, 6.07) is 0.112. The van der Waals surface area contributed by atoms with E-state index in [9.17, 15) is 4.79 Å². The zero-order chi connectivity index (χ0) is 12.8. The lowest BCUT2D eigenvalue weighted by Gasteiger charge is -2.29. The summed E-state index contributed by atoms with van der Waals surface area (Å²) < 4.78 is 0. The maximum Gasteiger partial charge on any atom is 0.239 e. The lowest BCUT2D eigenvalue weighted by atomic mass is 9.96. The second kappa shape index (κ2) is 7.13. The first-order valence-corrected chi connectivity index (χ1v) is 7.83. The molecule has 0 radical (unpaired) electrons. The minimum atomic E-state index is 0.112. The SMILES string of the molecule is CCCC1CCCN(C(=O)[C@@H]2CCCCN2)CC1. The number of piperidine rings is 1. The van der Waals surface area contributed by atoms with Gasteiger partial charge in [-0.15, -0.1) is 0 Å². The molecule has 0 saturated carbocycles. The quantitative estimate of drug-likeness (QED) is 0.837. The normalized spacial score (nSPS) is 29.9. The fourth-order valence-electron chi connectivity index (χ4n) is 3.37. The number of nitrogens with one attached hydrogen (secondary N) is 1. The highest BCUT2D eigenvalue weighted by molar-refractivity contribution is 5.82. The van der Waals surface area contributed by atoms with E-state index >= 15 is 0 Å². The Morgan fingerprint density at radius 1 is 1.17 bits per heavy atom. The number of rotatable bonds is 3. The fraction of sp³-hybridized carbons (Fsp3) is 0.933. The molecule has 2 heterocycles. The van der Waals surface area contributed by atoms with Gasteiger partial charge in [-0.2, -0.15) is 0 Å². The van der Waals surface area contributed by atoms with E-state index in [4.69, 9.17) is 0 Å². The molecule has 2 saturated heterocycles. The Kier molecular flexibility index (Phi) is 5.48. The van der Waals surface area contributed by atoms with Crippen LogP contribution in [0.5, 0.6) is 0 Å². The summed E-state index contributed by atoms with van der Waals surface area (Å²) in [5.41, 5.74) is 0. The van der Waals surface area contributed by atoms with Crippen molar-refractivity contribution in [2.45, 2.75) is 64.3 Å². The van der Waals surface area contributed by atoms with E-state index in [-0.39, 0.29) is 6.04 Å². The van der Waals surface area contributed by atoms with Crippen LogP contribution in [0, 0.1) is 5.92 Å². The zero-order valence-corrected chi connectivity index (χ0v) is 11.8. The molecule has 3 nitrogen and oxygen atoms in total. The molecular formula is C15H28N2O. The Hall–Kier alpha value is -0.570. The van der Waals surface area contributed by atoms with Crippen LogP contribution in [0.3, 0.4) is 0 Å². The molecule has 2 atom stereocenters. The van der Waals surface area contributed by atoms with Crippen molar-refractivity contribution in [2.75, 3.05) is 19.6 Å². The molecule has 0 aliphatic carbocycles. The largest absolute Gasteiger partial charge is 0.341 e. The molecule has 104 valence electrons. The van der Waals surface area contributed by atoms with Crippen molar-refractivity contribution in [2.24, 2.45) is 5.92 Å². The van der Waals surface area contributed by atoms with Gasteiger partial charge in [-0.05, 0) is 44.6 Å². The summed E-state index contributed by atoms with van der Waals surface area (Å²) >= 11 is 0. The van der Waals surface area contributed by atoms with Crippen LogP contribution in [0.1, 0.15) is 58.3 Å². The van der Waals surface area contributed by atoms with E-state index in [1.165, 1.54) is 44.9 Å². The van der Waals surface area contributed by atoms with E-state index in [1.54, 1.807) is 0 Å². The summed E-state index contributed by atoms with van der Waals surface area (Å²) in [4.78, 5) is 14.6. The van der Waals surface area contributed by atoms with Crippen molar-refractivity contribution in [1.29, 1.82) is 0 Å². The van der Waals surface area contributed by atoms with Gasteiger partial charge in [-0.1, -0.05) is 26.2 Å². The molecule has 2 rings (SSSR count). The molecule has 0 aromatic carbocycles. The van der Waals surface area contributed by atoms with Crippen molar-refractivity contribution < 1.29 is 4.79 Å². The Balaban J connectivity index is 1.82. The van der Waals surface area contributed by atoms with Crippen molar-refractivity contribution >= 4 is 5.91 Å². The van der Waals surface area contributed by atoms with Gasteiger partial charge in [-0.25, -0.2) is 0 Å². The van der Waals surface area contributed by atoms with Gasteiger partial charge < -0.3 is 10.2 Å². The van der Waals surface area contributed by atoms with Crippen molar-refractivity contribution in [3.63, 3.8) is 0 Å². The third-order valence-corrected chi connectivity index (χ3v) is 4.46. The lowest BCUT2D eigenvalue weighted by molar-refractivity contribution is -0.134. The number of nitrogens with zero attached hydrogens (tertiary/aromatic N) is 1. The molecule has 0 bridgehead atoms. The first-order valence-electron chi connectivity index (χ1n) is 7.83. The third-order valence-electron chi connectivity index (χ3n) is 4.46. The van der Waals surface area contributed by atoms with Crippen LogP contribution < -0.4 is 5.32 Å². The molecule has 18 heavy (non-hydrogen) atoms. The second-order valence-electron chi connectivity index (χ2n) is 5.91. The Morgan fingerprint density at radius 3 is 2.78 bits per heavy atom. The highest BCUT2D eigenvalue weighted by Gasteiger charge is 2.27. The molecule has 0 aromatic heterocycles. The summed E-state index contributed by atoms with van der Waals surface area (Å²) in [7, 11) is 0. The monoisotopic (exact) mass is 252 g/mol. The van der Waals surface area contributed by atoms with Crippen LogP contribution in [0.25, 0.3) is 0 Å². The van der Waals surface area contributed by atoms with Crippen molar-refractivity contribution in [3.05, 3.63) is 0 Å². The van der Waals surface area contributed by atoms with Crippen molar-refractivity contribution in [1.82, 2.24) is 10.2 Å². The Labute approximate surface area is 111 Å². The van der Waals surface area contributed by atoms with E-state index in [1.807, 2.05) is 0 Å². The number of amides is 1. The molecule has 1 N–H and O–H groups in total. The van der Waals surface area contributed by atoms with E-state index in [0.29, 0.717) is 5.91 Å². The third kappa shape index (κ3) is 3.71. The minimum Gasteiger partial charge on any atom is -0.341 e. The average Bonchev–Trinajstić information content (AvgIpc) is 2.65. The van der Waals surface area contributed by atoms with Crippen LogP contribution in [-0.4, -0.2) is 36.5 Å². The maximum absolute atomic E-state index is 12.4. The summed E-state index contributed by atoms with van der Waals surface area (Å²) in [6.45, 7) is 5.25. The van der Waals surface area contributed by atoms with E-state index in [0.717, 1.165) is 32.0 Å². The molecule has 3 heteroatoms. The topological polar surface area (TPSA) is 32.3 Å². The number of hydrogen-bond donors (Lipinski definition) is 1. The minimum absolute atomic E-state index is 0.112. The standard InChI is InChI=1S/C15H28N2O/c1-2-6-13-7-5-11-17(12-9-13)15(18)14-8-3-4-10-16-14/h13-14,16H,2-12H2,1H3/t13?,14-/m0/s1. The van der Waals surface area contributed by atoms with Gasteiger partial charge in [0.25, 0.3) is 0 Å². The predicted molar refractivity (Wildman–Crippen MR) is 74.5 cm³/mol. The second-order valence-corrected chi connectivity index (χ2v) is 5.91. The van der Waals surface area contributed by atoms with Gasteiger partial charge in [0.1, 0.15) is 0 Å². The van der Waals surface area contributed by atoms with Crippen LogP contribution >= 0.6 is 0 Å². The molecule has 2 fully saturated rings. The van der Waals surface area contributed by atoms with Gasteiger partial charge >= 0.3 is 0 Å². The van der Waals surface area contributed by atoms with Gasteiger partial charge in [0.05, 0.1) is 6.04 Å². The Bertz CT molecular complexity index is 261. The molecular weight excluding hydrogens is 224 g/mol. The highest BCUT2D eigenvalue weighted by atomic mass is 16.2. The van der Waals surface area contributed by atoms with Gasteiger partial charge in [0, 0.05) is 13.1 Å². The maximum atomic E-state index is 12.4.